The molecule has 0 aliphatic rings. The highest BCUT2D eigenvalue weighted by molar-refractivity contribution is 8.02. The Morgan fingerprint density at radius 3 is 0.615 bits per heavy atom. The zero-order valence-corrected chi connectivity index (χ0v) is 70.0. The first-order chi connectivity index (χ1) is 50.8. The molecule has 0 N–H and O–H groups in total. The van der Waals surface area contributed by atoms with Gasteiger partial charge < -0.3 is 0 Å². The maximum absolute atomic E-state index is 5.97. The lowest BCUT2D eigenvalue weighted by atomic mass is 9.84. The highest BCUT2D eigenvalue weighted by Crippen LogP contribution is 2.49. The molecule has 2 heterocycles. The van der Waals surface area contributed by atoms with Gasteiger partial charge in [0.1, 0.15) is 0 Å². The second-order valence-electron chi connectivity index (χ2n) is 33.1. The second kappa shape index (κ2) is 43.0. The second-order valence-corrected chi connectivity index (χ2v) is 37.6. The third-order valence-corrected chi connectivity index (χ3v) is 27.0. The average Bonchev–Trinajstić information content (AvgIpc) is 0.691. The maximum Gasteiger partial charge on any atom is 0.0979 e. The molecule has 8 heteroatoms. The van der Waals surface area contributed by atoms with E-state index in [-0.39, 0.29) is 10.8 Å². The van der Waals surface area contributed by atoms with Crippen LogP contribution in [0.4, 0.5) is 0 Å². The molecule has 0 atom stereocenters. The summed E-state index contributed by atoms with van der Waals surface area (Å²) in [6.45, 7) is 23.2. The molecule has 0 saturated heterocycles. The number of benzene rings is 8. The summed E-state index contributed by atoms with van der Waals surface area (Å²) in [6.07, 6.45) is 54.1. The van der Waals surface area contributed by atoms with Crippen LogP contribution >= 0.6 is 47.0 Å². The molecule has 0 spiro atoms. The van der Waals surface area contributed by atoms with Gasteiger partial charge in [0.25, 0.3) is 0 Å². The van der Waals surface area contributed by atoms with E-state index in [4.69, 9.17) is 19.9 Å². The van der Waals surface area contributed by atoms with E-state index < -0.39 is 0 Å². The molecular formula is C96H134N4S4. The molecule has 0 fully saturated rings. The molecule has 0 unspecified atom stereocenters. The van der Waals surface area contributed by atoms with Crippen molar-refractivity contribution < 1.29 is 0 Å². The van der Waals surface area contributed by atoms with E-state index in [1.54, 1.807) is 0 Å². The molecule has 10 rings (SSSR count). The molecular weight excluding hydrogens is 1340 g/mol. The summed E-state index contributed by atoms with van der Waals surface area (Å²) < 4.78 is 0. The van der Waals surface area contributed by atoms with Crippen LogP contribution in [0, 0.1) is 0 Å². The summed E-state index contributed by atoms with van der Waals surface area (Å²) in [5, 5.41) is 6.96. The zero-order valence-electron chi connectivity index (χ0n) is 66.8. The quantitative estimate of drug-likeness (QED) is 0.0162. The number of hydrogen-bond acceptors (Lipinski definition) is 8. The standard InChI is InChI=1S/C96H134N4S4/c1-11-15-19-23-27-31-35-39-43-47-59-101-85-67-81-82(68-86(85)102-60-48-44-40-36-32-28-24-20-16-12-2)98-92-78-64-74(72-53-57-76(58-54-72)96(8,9)10)66-80-90(78)89-77(91(92)97-81)63-73(71-51-55-75(56-52-71)95(5,6)7)65-79(89)93-94(80)100-84-70-88(104-62-50-46-42-38-34-30-26-22-18-14-4)87(69-83(84)99-93)103-61-49-45-41-37-33-29-25-21-17-13-3/h51-58,63-70H,11-50,59-62H2,1-10H3. The highest BCUT2D eigenvalue weighted by atomic mass is 32.2. The van der Waals surface area contributed by atoms with Gasteiger partial charge in [0.15, 0.2) is 0 Å². The van der Waals surface area contributed by atoms with E-state index in [1.165, 1.54) is 321 Å². The van der Waals surface area contributed by atoms with Crippen molar-refractivity contribution in [2.75, 3.05) is 23.0 Å². The van der Waals surface area contributed by atoms with Crippen LogP contribution in [-0.2, 0) is 10.8 Å². The summed E-state index contributed by atoms with van der Waals surface area (Å²) in [5.74, 6) is 4.50. The van der Waals surface area contributed by atoms with E-state index in [1.807, 2.05) is 0 Å². The topological polar surface area (TPSA) is 51.6 Å². The molecule has 0 aliphatic heterocycles. The first-order valence-corrected chi connectivity index (χ1v) is 46.5. The summed E-state index contributed by atoms with van der Waals surface area (Å²) >= 11 is 8.24. The van der Waals surface area contributed by atoms with Crippen LogP contribution in [0.25, 0.3) is 98.7 Å². The highest BCUT2D eigenvalue weighted by Gasteiger charge is 2.26. The smallest absolute Gasteiger partial charge is 0.0979 e. The van der Waals surface area contributed by atoms with E-state index in [2.05, 4.69) is 213 Å². The van der Waals surface area contributed by atoms with E-state index in [0.717, 1.165) is 88.7 Å². The summed E-state index contributed by atoms with van der Waals surface area (Å²) in [7, 11) is 0. The minimum Gasteiger partial charge on any atom is -0.244 e. The molecule has 562 valence electrons. The Morgan fingerprint density at radius 2 is 0.423 bits per heavy atom. The zero-order chi connectivity index (χ0) is 72.9. The van der Waals surface area contributed by atoms with Crippen molar-refractivity contribution >= 4 is 123 Å². The number of aromatic nitrogens is 4. The Morgan fingerprint density at radius 1 is 0.231 bits per heavy atom. The summed E-state index contributed by atoms with van der Waals surface area (Å²) in [6, 6.07) is 38.3. The van der Waals surface area contributed by atoms with Crippen LogP contribution in [0.15, 0.2) is 117 Å². The lowest BCUT2D eigenvalue weighted by Gasteiger charge is -2.21. The molecule has 104 heavy (non-hydrogen) atoms. The van der Waals surface area contributed by atoms with Crippen molar-refractivity contribution in [3.8, 4) is 22.3 Å². The van der Waals surface area contributed by atoms with Crippen molar-refractivity contribution in [3.05, 3.63) is 108 Å². The molecule has 2 aromatic heterocycles. The van der Waals surface area contributed by atoms with Gasteiger partial charge >= 0.3 is 0 Å². The van der Waals surface area contributed by atoms with E-state index in [9.17, 15) is 0 Å². The number of fused-ring (bicyclic) bond motifs is 8. The third-order valence-electron chi connectivity index (χ3n) is 22.2. The third kappa shape index (κ3) is 23.7. The van der Waals surface area contributed by atoms with Gasteiger partial charge in [-0.1, -0.05) is 349 Å². The Hall–Kier alpha value is -4.60. The minimum atomic E-state index is 0.0323. The monoisotopic (exact) mass is 1470 g/mol. The number of rotatable bonds is 50. The van der Waals surface area contributed by atoms with Crippen LogP contribution in [0.3, 0.4) is 0 Å². The molecule has 0 bridgehead atoms. The van der Waals surface area contributed by atoms with Gasteiger partial charge in [-0.15, -0.1) is 47.0 Å². The van der Waals surface area contributed by atoms with Gasteiger partial charge in [-0.25, -0.2) is 19.9 Å². The Bertz CT molecular complexity index is 3720. The number of nitrogens with zero attached hydrogens (tertiary/aromatic N) is 4. The van der Waals surface area contributed by atoms with Crippen LogP contribution in [-0.4, -0.2) is 42.9 Å². The van der Waals surface area contributed by atoms with Gasteiger partial charge in [0.05, 0.1) is 44.1 Å². The fraction of sp³-hybridized carbons (Fsp3) is 0.583. The number of hydrogen-bond donors (Lipinski definition) is 0. The molecule has 8 aromatic carbocycles. The van der Waals surface area contributed by atoms with Crippen LogP contribution in [0.2, 0.25) is 0 Å². The fourth-order valence-electron chi connectivity index (χ4n) is 15.6. The Balaban J connectivity index is 1.09. The first-order valence-electron chi connectivity index (χ1n) is 42.6. The van der Waals surface area contributed by atoms with E-state index in [0.29, 0.717) is 0 Å². The van der Waals surface area contributed by atoms with Gasteiger partial charge in [-0.05, 0) is 141 Å². The lowest BCUT2D eigenvalue weighted by molar-refractivity contribution is 0.563. The van der Waals surface area contributed by atoms with Crippen molar-refractivity contribution in [1.29, 1.82) is 0 Å². The van der Waals surface area contributed by atoms with Gasteiger partial charge in [0.2, 0.25) is 0 Å². The molecule has 10 aromatic rings. The largest absolute Gasteiger partial charge is 0.244 e. The predicted molar refractivity (Wildman–Crippen MR) is 470 cm³/mol. The predicted octanol–water partition coefficient (Wildman–Crippen LogP) is 32.8. The van der Waals surface area contributed by atoms with Crippen molar-refractivity contribution in [2.24, 2.45) is 0 Å². The van der Waals surface area contributed by atoms with Crippen molar-refractivity contribution in [3.63, 3.8) is 0 Å². The molecule has 0 aliphatic carbocycles. The van der Waals surface area contributed by atoms with Crippen LogP contribution in [0.5, 0.6) is 0 Å². The normalized spacial score (nSPS) is 12.4. The van der Waals surface area contributed by atoms with Gasteiger partial charge in [0, 0.05) is 51.9 Å². The van der Waals surface area contributed by atoms with Crippen LogP contribution < -0.4 is 0 Å². The minimum absolute atomic E-state index is 0.0323. The van der Waals surface area contributed by atoms with Crippen LogP contribution in [0.1, 0.15) is 337 Å². The molecule has 0 radical (unpaired) electrons. The summed E-state index contributed by atoms with van der Waals surface area (Å²) in [4.78, 5) is 29.4. The average molecular weight is 1470 g/mol. The fourth-order valence-corrected chi connectivity index (χ4v) is 20.2. The SMILES string of the molecule is CCCCCCCCCCCCSc1cc2nc3c4cc(-c5ccc(C(C)(C)C)cc5)cc5c6nc7cc(SCCCCCCCCCCCC)c(SCCCCCCCCCCCC)cc7nc6c6cc(-c7ccc(C(C)(C)C)cc7)cc(c3nc2cc1SCCCCCCCCCCCC)c6c45. The molecule has 0 saturated carbocycles. The van der Waals surface area contributed by atoms with Crippen molar-refractivity contribution in [1.82, 2.24) is 19.9 Å². The molecule has 0 amide bonds. The van der Waals surface area contributed by atoms with Crippen molar-refractivity contribution in [2.45, 2.75) is 356 Å². The van der Waals surface area contributed by atoms with E-state index >= 15 is 0 Å². The Kier molecular flexibility index (Phi) is 33.8. The van der Waals surface area contributed by atoms with Gasteiger partial charge in [-0.2, -0.15) is 0 Å². The molecule has 4 nitrogen and oxygen atoms in total. The Labute approximate surface area is 648 Å². The lowest BCUT2D eigenvalue weighted by Crippen LogP contribution is -2.10. The van der Waals surface area contributed by atoms with Gasteiger partial charge in [-0.3, -0.25) is 0 Å². The summed E-state index contributed by atoms with van der Waals surface area (Å²) in [5.41, 5.74) is 15.2. The maximum atomic E-state index is 5.97. The first kappa shape index (κ1) is 81.9. The number of unbranched alkanes of at least 4 members (excludes halogenated alkanes) is 36. The number of thioether (sulfide) groups is 4.